The first-order valence-corrected chi connectivity index (χ1v) is 13.4. The second-order valence-electron chi connectivity index (χ2n) is 11.9. The van der Waals surface area contributed by atoms with Gasteiger partial charge in [-0.3, -0.25) is 0 Å². The molecule has 32 heavy (non-hydrogen) atoms. The summed E-state index contributed by atoms with van der Waals surface area (Å²) in [5.74, 6) is 2.70. The number of aryl methyl sites for hydroxylation is 1. The molecule has 182 valence electrons. The molecule has 0 radical (unpaired) electrons. The number of thioether (sulfide) groups is 1. The Morgan fingerprint density at radius 2 is 1.72 bits per heavy atom. The Hall–Kier alpha value is -1.15. The van der Waals surface area contributed by atoms with E-state index in [-0.39, 0.29) is 10.8 Å². The van der Waals surface area contributed by atoms with Crippen molar-refractivity contribution in [2.45, 2.75) is 107 Å². The molecule has 0 N–H and O–H groups in total. The van der Waals surface area contributed by atoms with Crippen LogP contribution in [-0.4, -0.2) is 7.11 Å². The average Bonchev–Trinajstić information content (AvgIpc) is 2.65. The summed E-state index contributed by atoms with van der Waals surface area (Å²) in [6, 6.07) is 4.72. The number of allylic oxidation sites excluding steroid dienone is 3. The number of ether oxygens (including phenoxy) is 1. The number of rotatable bonds is 6. The van der Waals surface area contributed by atoms with E-state index in [0.29, 0.717) is 5.41 Å². The lowest BCUT2D eigenvalue weighted by atomic mass is 9.72. The Bertz CT molecular complexity index is 790. The molecule has 0 aromatic heterocycles. The van der Waals surface area contributed by atoms with Gasteiger partial charge in [-0.15, -0.1) is 11.8 Å². The molecule has 0 spiro atoms. The lowest BCUT2D eigenvalue weighted by Crippen LogP contribution is -2.25. The largest absolute Gasteiger partial charge is 0.496 e. The van der Waals surface area contributed by atoms with Gasteiger partial charge in [0, 0.05) is 16.2 Å². The van der Waals surface area contributed by atoms with Gasteiger partial charge in [-0.25, -0.2) is 0 Å². The summed E-state index contributed by atoms with van der Waals surface area (Å²) >= 11 is 1.94. The Labute approximate surface area is 204 Å². The summed E-state index contributed by atoms with van der Waals surface area (Å²) in [5, 5.41) is 0. The maximum absolute atomic E-state index is 5.83. The second-order valence-corrected chi connectivity index (χ2v) is 12.9. The van der Waals surface area contributed by atoms with Crippen molar-refractivity contribution in [1.29, 1.82) is 0 Å². The van der Waals surface area contributed by atoms with Crippen LogP contribution in [0.2, 0.25) is 0 Å². The van der Waals surface area contributed by atoms with Crippen molar-refractivity contribution in [2.75, 3.05) is 7.11 Å². The monoisotopic (exact) mass is 458 g/mol. The molecule has 1 aromatic rings. The van der Waals surface area contributed by atoms with Gasteiger partial charge >= 0.3 is 0 Å². The highest BCUT2D eigenvalue weighted by molar-refractivity contribution is 8.02. The van der Waals surface area contributed by atoms with E-state index in [4.69, 9.17) is 4.74 Å². The molecule has 1 aromatic carbocycles. The van der Waals surface area contributed by atoms with Crippen molar-refractivity contribution >= 4 is 11.8 Å². The third kappa shape index (κ3) is 9.00. The van der Waals surface area contributed by atoms with Crippen molar-refractivity contribution < 1.29 is 4.74 Å². The van der Waals surface area contributed by atoms with Gasteiger partial charge < -0.3 is 4.74 Å². The van der Waals surface area contributed by atoms with Gasteiger partial charge in [-0.1, -0.05) is 99.6 Å². The highest BCUT2D eigenvalue weighted by Crippen LogP contribution is 2.41. The molecule has 1 aliphatic carbocycles. The Balaban J connectivity index is 0.00000249. The third-order valence-electron chi connectivity index (χ3n) is 6.00. The molecule has 0 bridgehead atoms. The van der Waals surface area contributed by atoms with Gasteiger partial charge in [0.2, 0.25) is 0 Å². The molecule has 0 aliphatic heterocycles. The molecule has 1 atom stereocenters. The van der Waals surface area contributed by atoms with Crippen molar-refractivity contribution in [3.63, 3.8) is 0 Å². The zero-order chi connectivity index (χ0) is 24.7. The van der Waals surface area contributed by atoms with E-state index in [0.717, 1.165) is 30.3 Å². The normalized spacial score (nSPS) is 21.4. The van der Waals surface area contributed by atoms with Gasteiger partial charge in [-0.05, 0) is 59.5 Å². The summed E-state index contributed by atoms with van der Waals surface area (Å²) in [7, 11) is 1.80. The van der Waals surface area contributed by atoms with Crippen LogP contribution in [0.1, 0.15) is 105 Å². The molecule has 2 rings (SSSR count). The zero-order valence-corrected chi connectivity index (χ0v) is 23.9. The first-order valence-electron chi connectivity index (χ1n) is 12.4. The first kappa shape index (κ1) is 28.9. The van der Waals surface area contributed by atoms with Crippen LogP contribution in [0.25, 0.3) is 0 Å². The minimum Gasteiger partial charge on any atom is -0.496 e. The maximum atomic E-state index is 5.83. The molecule has 1 aliphatic rings. The molecular weight excluding hydrogens is 408 g/mol. The topological polar surface area (TPSA) is 9.23 Å². The van der Waals surface area contributed by atoms with E-state index < -0.39 is 0 Å². The fourth-order valence-electron chi connectivity index (χ4n) is 5.08. The standard InChI is InChI=1S/C28H44OS.C2H6/c1-20-11-12-24(13-14-27(6,7)17-20)30-18-22-16-23(15-21(2)25(22)29-10)28(8,9)19-26(3,4)5;1-2/h12-16,20H,11,17-19H2,1-10H3;1-2H3/b14-13-,24-12+;. The van der Waals surface area contributed by atoms with Crippen LogP contribution in [-0.2, 0) is 11.2 Å². The van der Waals surface area contributed by atoms with E-state index in [1.807, 2.05) is 25.6 Å². The van der Waals surface area contributed by atoms with E-state index in [9.17, 15) is 0 Å². The Morgan fingerprint density at radius 3 is 2.28 bits per heavy atom. The molecule has 1 nitrogen and oxygen atoms in total. The predicted octanol–water partition coefficient (Wildman–Crippen LogP) is 9.87. The average molecular weight is 459 g/mol. The molecule has 0 saturated carbocycles. The minimum atomic E-state index is 0.133. The van der Waals surface area contributed by atoms with Gasteiger partial charge in [-0.2, -0.15) is 0 Å². The quantitative estimate of drug-likeness (QED) is 0.419. The van der Waals surface area contributed by atoms with Crippen molar-refractivity contribution in [3.8, 4) is 5.75 Å². The van der Waals surface area contributed by atoms with Crippen molar-refractivity contribution in [1.82, 2.24) is 0 Å². The van der Waals surface area contributed by atoms with Crippen molar-refractivity contribution in [3.05, 3.63) is 52.0 Å². The summed E-state index contributed by atoms with van der Waals surface area (Å²) in [6.07, 6.45) is 10.7. The molecule has 1 unspecified atom stereocenters. The fourth-order valence-corrected chi connectivity index (χ4v) is 5.99. The summed E-state index contributed by atoms with van der Waals surface area (Å²) in [4.78, 5) is 1.38. The molecule has 2 heteroatoms. The molecule has 0 heterocycles. The van der Waals surface area contributed by atoms with Crippen LogP contribution in [0, 0.1) is 23.7 Å². The molecular formula is C30H50OS. The number of hydrogen-bond acceptors (Lipinski definition) is 2. The number of benzene rings is 1. The molecule has 0 saturated heterocycles. The summed E-state index contributed by atoms with van der Waals surface area (Å²) in [6.45, 7) is 25.0. The number of methoxy groups -OCH3 is 1. The minimum absolute atomic E-state index is 0.133. The SMILES string of the molecule is CC.COc1c(C)cc(C(C)(C)CC(C)(C)C)cc1CSC1=C/CC(C)CC(C)(C)/C=C\1. The summed E-state index contributed by atoms with van der Waals surface area (Å²) in [5.41, 5.74) is 4.67. The summed E-state index contributed by atoms with van der Waals surface area (Å²) < 4.78 is 5.83. The highest BCUT2D eigenvalue weighted by atomic mass is 32.2. The Kier molecular flexibility index (Phi) is 10.7. The van der Waals surface area contributed by atoms with E-state index in [1.165, 1.54) is 28.0 Å². The Morgan fingerprint density at radius 1 is 1.09 bits per heavy atom. The smallest absolute Gasteiger partial charge is 0.125 e. The second kappa shape index (κ2) is 11.8. The van der Waals surface area contributed by atoms with Crippen LogP contribution in [0.15, 0.2) is 35.3 Å². The van der Waals surface area contributed by atoms with Gasteiger partial charge in [0.15, 0.2) is 0 Å². The van der Waals surface area contributed by atoms with Crippen LogP contribution >= 0.6 is 11.8 Å². The van der Waals surface area contributed by atoms with E-state index in [1.54, 1.807) is 7.11 Å². The van der Waals surface area contributed by atoms with Crippen LogP contribution < -0.4 is 4.74 Å². The fraction of sp³-hybridized carbons (Fsp3) is 0.667. The van der Waals surface area contributed by atoms with Gasteiger partial charge in [0.1, 0.15) is 5.75 Å². The predicted molar refractivity (Wildman–Crippen MR) is 147 cm³/mol. The van der Waals surface area contributed by atoms with Crippen LogP contribution in [0.4, 0.5) is 0 Å². The highest BCUT2D eigenvalue weighted by Gasteiger charge is 2.28. The van der Waals surface area contributed by atoms with Gasteiger partial charge in [0.25, 0.3) is 0 Å². The lowest BCUT2D eigenvalue weighted by Gasteiger charge is -2.34. The third-order valence-corrected chi connectivity index (χ3v) is 7.09. The van der Waals surface area contributed by atoms with E-state index in [2.05, 4.69) is 92.7 Å². The van der Waals surface area contributed by atoms with Crippen molar-refractivity contribution in [2.24, 2.45) is 16.7 Å². The number of hydrogen-bond donors (Lipinski definition) is 0. The first-order chi connectivity index (χ1) is 14.7. The molecule has 0 amide bonds. The van der Waals surface area contributed by atoms with Crippen LogP contribution in [0.5, 0.6) is 5.75 Å². The van der Waals surface area contributed by atoms with Crippen LogP contribution in [0.3, 0.4) is 0 Å². The van der Waals surface area contributed by atoms with Gasteiger partial charge in [0.05, 0.1) is 7.11 Å². The zero-order valence-electron chi connectivity index (χ0n) is 23.1. The maximum Gasteiger partial charge on any atom is 0.125 e. The molecule has 0 fully saturated rings. The van der Waals surface area contributed by atoms with E-state index >= 15 is 0 Å². The lowest BCUT2D eigenvalue weighted by molar-refractivity contribution is 0.283.